The van der Waals surface area contributed by atoms with E-state index < -0.39 is 0 Å². The quantitative estimate of drug-likeness (QED) is 0.937. The van der Waals surface area contributed by atoms with Gasteiger partial charge in [-0.3, -0.25) is 4.79 Å². The minimum Gasteiger partial charge on any atom is -0.431 e. The van der Waals surface area contributed by atoms with Gasteiger partial charge in [-0.15, -0.1) is 0 Å². The highest BCUT2D eigenvalue weighted by Crippen LogP contribution is 2.27. The van der Waals surface area contributed by atoms with Gasteiger partial charge in [0, 0.05) is 36.3 Å². The molecule has 3 atom stereocenters. The van der Waals surface area contributed by atoms with Crippen LogP contribution < -0.4 is 10.1 Å². The number of nitrogens with zero attached hydrogens (tertiary/aromatic N) is 2. The lowest BCUT2D eigenvalue weighted by Crippen LogP contribution is -2.46. The van der Waals surface area contributed by atoms with Crippen LogP contribution in [0.3, 0.4) is 0 Å². The number of hydrogen-bond donors (Lipinski definition) is 1. The van der Waals surface area contributed by atoms with E-state index in [1.165, 1.54) is 30.8 Å². The molecule has 3 heterocycles. The molecule has 2 aliphatic heterocycles. The van der Waals surface area contributed by atoms with Crippen LogP contribution in [0.1, 0.15) is 23.2 Å². The van der Waals surface area contributed by atoms with Crippen molar-refractivity contribution in [2.45, 2.75) is 18.9 Å². The van der Waals surface area contributed by atoms with Gasteiger partial charge in [0.05, 0.1) is 0 Å². The number of rotatable bonds is 4. The van der Waals surface area contributed by atoms with E-state index in [1.54, 1.807) is 18.3 Å². The third kappa shape index (κ3) is 3.38. The van der Waals surface area contributed by atoms with Gasteiger partial charge in [0.2, 0.25) is 0 Å². The topological polar surface area (TPSA) is 54.5 Å². The van der Waals surface area contributed by atoms with Crippen molar-refractivity contribution in [3.8, 4) is 10.9 Å². The average molecular weight is 329 g/mol. The fourth-order valence-corrected chi connectivity index (χ4v) is 3.97. The Morgan fingerprint density at radius 1 is 1.30 bits per heavy atom. The summed E-state index contributed by atoms with van der Waals surface area (Å²) in [4.78, 5) is 18.9. The number of carbonyl (C=O) groups is 1. The molecular weight excluding hydrogens is 310 g/mol. The van der Waals surface area contributed by atoms with Gasteiger partial charge in [0.25, 0.3) is 11.1 Å². The predicted molar refractivity (Wildman–Crippen MR) is 89.0 cm³/mol. The molecule has 1 unspecified atom stereocenters. The van der Waals surface area contributed by atoms with E-state index >= 15 is 0 Å². The summed E-state index contributed by atoms with van der Waals surface area (Å²) in [6, 6.07) is 7.50. The maximum Gasteiger partial charge on any atom is 0.278 e. The molecule has 0 saturated carbocycles. The molecule has 0 aliphatic carbocycles. The second-order valence-electron chi connectivity index (χ2n) is 6.24. The van der Waals surface area contributed by atoms with Gasteiger partial charge >= 0.3 is 0 Å². The number of piperidine rings is 1. The van der Waals surface area contributed by atoms with Crippen molar-refractivity contribution < 1.29 is 9.53 Å². The lowest BCUT2D eigenvalue weighted by Gasteiger charge is -2.30. The van der Waals surface area contributed by atoms with Crippen LogP contribution in [0, 0.1) is 5.92 Å². The summed E-state index contributed by atoms with van der Waals surface area (Å²) in [6.45, 7) is 3.36. The maximum atomic E-state index is 12.4. The zero-order valence-electron chi connectivity index (χ0n) is 12.8. The van der Waals surface area contributed by atoms with Crippen LogP contribution in [-0.2, 0) is 0 Å². The van der Waals surface area contributed by atoms with E-state index in [0.29, 0.717) is 16.5 Å². The van der Waals surface area contributed by atoms with E-state index in [4.69, 9.17) is 4.74 Å². The van der Waals surface area contributed by atoms with E-state index in [-0.39, 0.29) is 11.9 Å². The van der Waals surface area contributed by atoms with E-state index in [0.717, 1.165) is 18.9 Å². The molecule has 2 saturated heterocycles. The second-order valence-corrected chi connectivity index (χ2v) is 7.10. The molecule has 2 fully saturated rings. The molecule has 5 nitrogen and oxygen atoms in total. The number of ether oxygens (including phenoxy) is 1. The first-order valence-corrected chi connectivity index (χ1v) is 8.85. The minimum atomic E-state index is -0.00158. The monoisotopic (exact) mass is 329 g/mol. The largest absolute Gasteiger partial charge is 0.431 e. The van der Waals surface area contributed by atoms with Crippen LogP contribution in [0.5, 0.6) is 10.9 Å². The number of carbonyl (C=O) groups excluding carboxylic acids is 1. The number of nitrogens with one attached hydrogen (secondary N) is 1. The summed E-state index contributed by atoms with van der Waals surface area (Å²) in [6.07, 6.45) is 4.08. The molecule has 1 aromatic carbocycles. The number of aromatic nitrogens is 1. The minimum absolute atomic E-state index is 0.00158. The molecule has 0 spiro atoms. The Morgan fingerprint density at radius 2 is 2.17 bits per heavy atom. The summed E-state index contributed by atoms with van der Waals surface area (Å²) < 4.78 is 5.61. The van der Waals surface area contributed by atoms with Crippen molar-refractivity contribution in [3.05, 3.63) is 41.4 Å². The fraction of sp³-hybridized carbons (Fsp3) is 0.412. The molecule has 1 N–H and O–H groups in total. The summed E-state index contributed by atoms with van der Waals surface area (Å²) >= 11 is 1.44. The zero-order valence-corrected chi connectivity index (χ0v) is 13.6. The first-order chi connectivity index (χ1) is 11.3. The van der Waals surface area contributed by atoms with Gasteiger partial charge in [-0.25, -0.2) is 4.98 Å². The van der Waals surface area contributed by atoms with Crippen molar-refractivity contribution in [2.24, 2.45) is 5.92 Å². The normalized spacial score (nSPS) is 26.0. The molecular formula is C17H19N3O2S. The lowest BCUT2D eigenvalue weighted by atomic mass is 9.96. The molecule has 23 heavy (non-hydrogen) atoms. The summed E-state index contributed by atoms with van der Waals surface area (Å²) in [5, 5.41) is 5.64. The Bertz CT molecular complexity index is 660. The molecule has 1 aromatic heterocycles. The summed E-state index contributed by atoms with van der Waals surface area (Å²) in [7, 11) is 0. The first kappa shape index (κ1) is 14.7. The molecule has 120 valence electrons. The fourth-order valence-electron chi connectivity index (χ4n) is 3.47. The Kier molecular flexibility index (Phi) is 4.01. The summed E-state index contributed by atoms with van der Waals surface area (Å²) in [5.74, 6) is 1.44. The van der Waals surface area contributed by atoms with Crippen LogP contribution in [0.25, 0.3) is 0 Å². The number of thiazole rings is 1. The average Bonchev–Trinajstić information content (AvgIpc) is 3.18. The van der Waals surface area contributed by atoms with Crippen LogP contribution in [0.15, 0.2) is 35.8 Å². The third-order valence-corrected chi connectivity index (χ3v) is 5.18. The molecule has 2 aromatic rings. The standard InChI is InChI=1S/C17H19N3O2S/c21-16(19-14-9-12-5-7-20(10-12)11-14)13-1-3-15(4-2-13)22-17-18-6-8-23-17/h1-4,6,8,12,14H,5,7,9-11H2,(H,19,21)/t12-,14-/m1/s1. The van der Waals surface area contributed by atoms with Gasteiger partial charge in [0.1, 0.15) is 5.75 Å². The summed E-state index contributed by atoms with van der Waals surface area (Å²) in [5.41, 5.74) is 0.671. The number of benzene rings is 1. The Balaban J connectivity index is 1.36. The lowest BCUT2D eigenvalue weighted by molar-refractivity contribution is 0.0909. The first-order valence-electron chi connectivity index (χ1n) is 7.97. The van der Waals surface area contributed by atoms with Crippen LogP contribution in [-0.4, -0.2) is 41.5 Å². The zero-order chi connectivity index (χ0) is 15.6. The van der Waals surface area contributed by atoms with Crippen LogP contribution in [0.4, 0.5) is 0 Å². The van der Waals surface area contributed by atoms with Gasteiger partial charge in [-0.1, -0.05) is 11.3 Å². The van der Waals surface area contributed by atoms with E-state index in [2.05, 4.69) is 15.2 Å². The molecule has 1 amide bonds. The molecule has 6 heteroatoms. The van der Waals surface area contributed by atoms with Crippen molar-refractivity contribution >= 4 is 17.2 Å². The van der Waals surface area contributed by atoms with E-state index in [9.17, 15) is 4.79 Å². The number of amides is 1. The van der Waals surface area contributed by atoms with Crippen molar-refractivity contribution in [1.82, 2.24) is 15.2 Å². The van der Waals surface area contributed by atoms with Crippen molar-refractivity contribution in [1.29, 1.82) is 0 Å². The smallest absolute Gasteiger partial charge is 0.278 e. The third-order valence-electron chi connectivity index (χ3n) is 4.53. The van der Waals surface area contributed by atoms with Crippen LogP contribution >= 0.6 is 11.3 Å². The highest BCUT2D eigenvalue weighted by Gasteiger charge is 2.32. The Hall–Kier alpha value is -1.92. The highest BCUT2D eigenvalue weighted by molar-refractivity contribution is 7.11. The molecule has 2 aliphatic rings. The second kappa shape index (κ2) is 6.29. The number of fused-ring (bicyclic) bond motifs is 2. The molecule has 4 rings (SSSR count). The van der Waals surface area contributed by atoms with Gasteiger partial charge < -0.3 is 15.0 Å². The Labute approximate surface area is 139 Å². The van der Waals surface area contributed by atoms with E-state index in [1.807, 2.05) is 17.5 Å². The van der Waals surface area contributed by atoms with Gasteiger partial charge in [-0.2, -0.15) is 0 Å². The maximum absolute atomic E-state index is 12.4. The van der Waals surface area contributed by atoms with Crippen LogP contribution in [0.2, 0.25) is 0 Å². The van der Waals surface area contributed by atoms with Crippen molar-refractivity contribution in [3.63, 3.8) is 0 Å². The number of hydrogen-bond acceptors (Lipinski definition) is 5. The Morgan fingerprint density at radius 3 is 2.91 bits per heavy atom. The predicted octanol–water partition coefficient (Wildman–Crippen LogP) is 2.76. The highest BCUT2D eigenvalue weighted by atomic mass is 32.1. The van der Waals surface area contributed by atoms with Gasteiger partial charge in [-0.05, 0) is 49.6 Å². The molecule has 0 radical (unpaired) electrons. The van der Waals surface area contributed by atoms with Gasteiger partial charge in [0.15, 0.2) is 0 Å². The molecule has 2 bridgehead atoms. The SMILES string of the molecule is O=C(N[C@@H]1C[C@H]2CCN(C2)C1)c1ccc(Oc2nccs2)cc1. The van der Waals surface area contributed by atoms with Crippen molar-refractivity contribution in [2.75, 3.05) is 19.6 Å².